The first kappa shape index (κ1) is 26.2. The van der Waals surface area contributed by atoms with E-state index in [0.717, 1.165) is 27.6 Å². The summed E-state index contributed by atoms with van der Waals surface area (Å²) < 4.78 is 7.99. The van der Waals surface area contributed by atoms with E-state index in [0.29, 0.717) is 35.7 Å². The van der Waals surface area contributed by atoms with Crippen LogP contribution >= 0.6 is 0 Å². The van der Waals surface area contributed by atoms with Gasteiger partial charge in [0, 0.05) is 35.1 Å². The Morgan fingerprint density at radius 2 is 1.40 bits per heavy atom. The minimum Gasteiger partial charge on any atom is -0.489 e. The molecule has 5 aromatic rings. The third kappa shape index (κ3) is 6.02. The number of rotatable bonds is 10. The summed E-state index contributed by atoms with van der Waals surface area (Å²) in [7, 11) is 0. The zero-order chi connectivity index (χ0) is 28.1. The molecule has 0 aliphatic heterocycles. The lowest BCUT2D eigenvalue weighted by molar-refractivity contribution is 0.0942. The molecule has 0 aliphatic carbocycles. The van der Waals surface area contributed by atoms with Crippen molar-refractivity contribution in [3.05, 3.63) is 137 Å². The maximum absolute atomic E-state index is 13.5. The van der Waals surface area contributed by atoms with Gasteiger partial charge in [0.25, 0.3) is 5.91 Å². The quantitative estimate of drug-likeness (QED) is 0.131. The average molecular weight is 531 g/mol. The van der Waals surface area contributed by atoms with Gasteiger partial charge in [0.05, 0.1) is 0 Å². The van der Waals surface area contributed by atoms with Gasteiger partial charge < -0.3 is 26.1 Å². The zero-order valence-electron chi connectivity index (χ0n) is 21.9. The summed E-state index contributed by atoms with van der Waals surface area (Å²) in [6.07, 6.45) is 0. The summed E-state index contributed by atoms with van der Waals surface area (Å²) in [5.74, 6) is 0.440. The van der Waals surface area contributed by atoms with Crippen LogP contribution in [0.1, 0.15) is 38.3 Å². The molecule has 1 heterocycles. The smallest absolute Gasteiger partial charge is 0.268 e. The van der Waals surface area contributed by atoms with Crippen molar-refractivity contribution in [1.29, 1.82) is 10.8 Å². The molecule has 0 aliphatic rings. The second kappa shape index (κ2) is 11.6. The van der Waals surface area contributed by atoms with E-state index in [1.807, 2.05) is 89.5 Å². The molecule has 1 amide bonds. The van der Waals surface area contributed by atoms with Crippen molar-refractivity contribution in [2.24, 2.45) is 11.5 Å². The minimum absolute atomic E-state index is 0.00909. The number of amides is 1. The third-order valence-electron chi connectivity index (χ3n) is 6.62. The number of amidine groups is 2. The van der Waals surface area contributed by atoms with Crippen molar-refractivity contribution in [3.8, 4) is 5.75 Å². The first-order valence-corrected chi connectivity index (χ1v) is 12.8. The lowest BCUT2D eigenvalue weighted by atomic mass is 10.1. The van der Waals surface area contributed by atoms with E-state index in [9.17, 15) is 4.79 Å². The van der Waals surface area contributed by atoms with Gasteiger partial charge in [-0.1, -0.05) is 66.7 Å². The number of benzene rings is 4. The van der Waals surface area contributed by atoms with Crippen LogP contribution in [0.2, 0.25) is 0 Å². The zero-order valence-corrected chi connectivity index (χ0v) is 21.9. The van der Waals surface area contributed by atoms with Crippen LogP contribution in [-0.2, 0) is 19.7 Å². The monoisotopic (exact) mass is 530 g/mol. The van der Waals surface area contributed by atoms with Gasteiger partial charge >= 0.3 is 0 Å². The summed E-state index contributed by atoms with van der Waals surface area (Å²) >= 11 is 0. The number of ether oxygens (including phenoxy) is 1. The normalized spacial score (nSPS) is 10.8. The fraction of sp³-hybridized carbons (Fsp3) is 0.0938. The average Bonchev–Trinajstić information content (AvgIpc) is 3.33. The number of aromatic nitrogens is 1. The van der Waals surface area contributed by atoms with Crippen LogP contribution in [0.5, 0.6) is 5.75 Å². The summed E-state index contributed by atoms with van der Waals surface area (Å²) in [4.78, 5) is 13.5. The molecule has 4 aromatic carbocycles. The second-order valence-electron chi connectivity index (χ2n) is 9.52. The number of fused-ring (bicyclic) bond motifs is 1. The standard InChI is InChI=1S/C32H30N6O2/c33-30(34)24-10-4-8-22(14-24)18-37-32(39)29-17-26-16-27(40-20-21-6-2-1-3-7-21)12-13-28(26)38(29)19-23-9-5-11-25(15-23)31(35)36/h1-17H,18-20H2,(H3,33,34)(H3,35,36)(H,37,39). The molecular weight excluding hydrogens is 500 g/mol. The number of nitrogen functional groups attached to an aromatic ring is 2. The molecule has 0 fully saturated rings. The van der Waals surface area contributed by atoms with E-state index < -0.39 is 0 Å². The fourth-order valence-electron chi connectivity index (χ4n) is 4.58. The van der Waals surface area contributed by atoms with E-state index in [-0.39, 0.29) is 24.1 Å². The Labute approximate surface area is 232 Å². The van der Waals surface area contributed by atoms with Gasteiger partial charge in [0.15, 0.2) is 0 Å². The molecule has 0 radical (unpaired) electrons. The molecule has 8 heteroatoms. The third-order valence-corrected chi connectivity index (χ3v) is 6.62. The van der Waals surface area contributed by atoms with Crippen molar-refractivity contribution < 1.29 is 9.53 Å². The number of nitrogens with zero attached hydrogens (tertiary/aromatic N) is 1. The molecule has 0 spiro atoms. The Bertz CT molecular complexity index is 1710. The molecule has 40 heavy (non-hydrogen) atoms. The van der Waals surface area contributed by atoms with Gasteiger partial charge in [-0.2, -0.15) is 0 Å². The van der Waals surface area contributed by atoms with Crippen molar-refractivity contribution in [2.75, 3.05) is 0 Å². The van der Waals surface area contributed by atoms with E-state index in [2.05, 4.69) is 5.32 Å². The summed E-state index contributed by atoms with van der Waals surface area (Å²) in [5.41, 5.74) is 16.8. The SMILES string of the molecule is N=C(N)c1cccc(CNC(=O)c2cc3cc(OCc4ccccc4)ccc3n2Cc2cccc(C(=N)N)c2)c1. The Morgan fingerprint density at radius 1 is 0.750 bits per heavy atom. The summed E-state index contributed by atoms with van der Waals surface area (Å²) in [5, 5.41) is 19.3. The van der Waals surface area contributed by atoms with Gasteiger partial charge in [-0.3, -0.25) is 15.6 Å². The fourth-order valence-corrected chi connectivity index (χ4v) is 4.58. The van der Waals surface area contributed by atoms with E-state index in [1.165, 1.54) is 0 Å². The summed E-state index contributed by atoms with van der Waals surface area (Å²) in [6.45, 7) is 1.14. The van der Waals surface area contributed by atoms with Crippen molar-refractivity contribution in [2.45, 2.75) is 19.7 Å². The van der Waals surface area contributed by atoms with E-state index in [1.54, 1.807) is 18.2 Å². The van der Waals surface area contributed by atoms with Crippen LogP contribution in [0.25, 0.3) is 10.9 Å². The molecule has 7 N–H and O–H groups in total. The molecule has 5 rings (SSSR count). The predicted molar refractivity (Wildman–Crippen MR) is 158 cm³/mol. The van der Waals surface area contributed by atoms with Crippen LogP contribution in [0.3, 0.4) is 0 Å². The van der Waals surface area contributed by atoms with E-state index >= 15 is 0 Å². The Kier molecular flexibility index (Phi) is 7.59. The van der Waals surface area contributed by atoms with E-state index in [4.69, 9.17) is 27.0 Å². The van der Waals surface area contributed by atoms with Crippen LogP contribution in [0.15, 0.2) is 103 Å². The molecule has 8 nitrogen and oxygen atoms in total. The van der Waals surface area contributed by atoms with Crippen molar-refractivity contribution in [1.82, 2.24) is 9.88 Å². The van der Waals surface area contributed by atoms with Crippen molar-refractivity contribution in [3.63, 3.8) is 0 Å². The molecule has 0 saturated heterocycles. The molecular formula is C32H30N6O2. The number of nitrogens with one attached hydrogen (secondary N) is 3. The van der Waals surface area contributed by atoms with Gasteiger partial charge in [-0.05, 0) is 53.1 Å². The lowest BCUT2D eigenvalue weighted by Gasteiger charge is -2.13. The highest BCUT2D eigenvalue weighted by Gasteiger charge is 2.17. The second-order valence-corrected chi connectivity index (χ2v) is 9.52. The number of hydrogen-bond donors (Lipinski definition) is 5. The molecule has 0 atom stereocenters. The van der Waals surface area contributed by atoms with Gasteiger partial charge in [-0.25, -0.2) is 0 Å². The molecule has 0 bridgehead atoms. The number of nitrogens with two attached hydrogens (primary N) is 2. The van der Waals surface area contributed by atoms with Gasteiger partial charge in [0.2, 0.25) is 0 Å². The minimum atomic E-state index is -0.237. The predicted octanol–water partition coefficient (Wildman–Crippen LogP) is 4.77. The van der Waals surface area contributed by atoms with Gasteiger partial charge in [0.1, 0.15) is 29.7 Å². The highest BCUT2D eigenvalue weighted by molar-refractivity contribution is 5.99. The topological polar surface area (TPSA) is 143 Å². The highest BCUT2D eigenvalue weighted by atomic mass is 16.5. The molecule has 1 aromatic heterocycles. The highest BCUT2D eigenvalue weighted by Crippen LogP contribution is 2.27. The maximum atomic E-state index is 13.5. The molecule has 0 unspecified atom stereocenters. The Balaban J connectivity index is 1.45. The van der Waals surface area contributed by atoms with Crippen LogP contribution in [-0.4, -0.2) is 22.1 Å². The van der Waals surface area contributed by atoms with Crippen LogP contribution < -0.4 is 21.5 Å². The number of carbonyl (C=O) groups excluding carboxylic acids is 1. The first-order valence-electron chi connectivity index (χ1n) is 12.8. The maximum Gasteiger partial charge on any atom is 0.268 e. The largest absolute Gasteiger partial charge is 0.489 e. The summed E-state index contributed by atoms with van der Waals surface area (Å²) in [6, 6.07) is 32.3. The van der Waals surface area contributed by atoms with Crippen LogP contribution in [0, 0.1) is 10.8 Å². The Morgan fingerprint density at radius 3 is 2.10 bits per heavy atom. The number of hydrogen-bond acceptors (Lipinski definition) is 4. The van der Waals surface area contributed by atoms with Crippen LogP contribution in [0.4, 0.5) is 0 Å². The first-order chi connectivity index (χ1) is 19.4. The van der Waals surface area contributed by atoms with Gasteiger partial charge in [-0.15, -0.1) is 0 Å². The Hall–Kier alpha value is -5.37. The molecule has 0 saturated carbocycles. The van der Waals surface area contributed by atoms with Crippen molar-refractivity contribution >= 4 is 28.5 Å². The molecule has 200 valence electrons. The number of carbonyl (C=O) groups is 1. The lowest BCUT2D eigenvalue weighted by Crippen LogP contribution is -2.26.